The maximum Gasteiger partial charge on any atom is 0.231 e. The molecule has 0 radical (unpaired) electrons. The van der Waals surface area contributed by atoms with Crippen molar-refractivity contribution in [3.63, 3.8) is 0 Å². The highest BCUT2D eigenvalue weighted by molar-refractivity contribution is 7.80. The summed E-state index contributed by atoms with van der Waals surface area (Å²) >= 11 is 11.8. The first-order valence-corrected chi connectivity index (χ1v) is 10.3. The minimum atomic E-state index is 0.286. The van der Waals surface area contributed by atoms with Gasteiger partial charge in [-0.3, -0.25) is 0 Å². The second kappa shape index (κ2) is 8.55. The first kappa shape index (κ1) is 19.3. The third kappa shape index (κ3) is 4.51. The SMILES string of the molecule is CN1CCC(N(Cc2ccc3c(c2)OCO3)C(=S)Nc2ccc(Cl)cc2)CC1. The van der Waals surface area contributed by atoms with Gasteiger partial charge in [0.2, 0.25) is 6.79 Å². The van der Waals surface area contributed by atoms with E-state index in [0.717, 1.165) is 60.3 Å². The van der Waals surface area contributed by atoms with Crippen molar-refractivity contribution < 1.29 is 9.47 Å². The van der Waals surface area contributed by atoms with Gasteiger partial charge in [-0.05, 0) is 87.2 Å². The summed E-state index contributed by atoms with van der Waals surface area (Å²) in [6.45, 7) is 3.16. The van der Waals surface area contributed by atoms with Gasteiger partial charge in [0.05, 0.1) is 0 Å². The Balaban J connectivity index is 1.52. The molecule has 2 aromatic carbocycles. The van der Waals surface area contributed by atoms with Crippen LogP contribution >= 0.6 is 23.8 Å². The lowest BCUT2D eigenvalue weighted by Crippen LogP contribution is -2.47. The van der Waals surface area contributed by atoms with Crippen molar-refractivity contribution in [2.45, 2.75) is 25.4 Å². The van der Waals surface area contributed by atoms with Gasteiger partial charge in [0.1, 0.15) is 0 Å². The zero-order valence-electron chi connectivity index (χ0n) is 15.9. The fraction of sp³-hybridized carbons (Fsp3) is 0.381. The molecule has 148 valence electrons. The molecular weight excluding hydrogens is 394 g/mol. The highest BCUT2D eigenvalue weighted by atomic mass is 35.5. The Labute approximate surface area is 176 Å². The minimum absolute atomic E-state index is 0.286. The number of rotatable bonds is 4. The Morgan fingerprint density at radius 3 is 2.61 bits per heavy atom. The summed E-state index contributed by atoms with van der Waals surface area (Å²) in [5, 5.41) is 4.82. The van der Waals surface area contributed by atoms with Crippen LogP contribution in [0.4, 0.5) is 5.69 Å². The fourth-order valence-electron chi connectivity index (χ4n) is 3.64. The molecule has 2 aliphatic rings. The molecule has 0 aliphatic carbocycles. The number of halogens is 1. The summed E-state index contributed by atoms with van der Waals surface area (Å²) in [6, 6.07) is 14.1. The van der Waals surface area contributed by atoms with Crippen molar-refractivity contribution in [1.29, 1.82) is 0 Å². The van der Waals surface area contributed by atoms with Crippen LogP contribution in [0.15, 0.2) is 42.5 Å². The molecule has 0 atom stereocenters. The Morgan fingerprint density at radius 2 is 1.86 bits per heavy atom. The van der Waals surface area contributed by atoms with E-state index >= 15 is 0 Å². The van der Waals surface area contributed by atoms with E-state index < -0.39 is 0 Å². The Kier molecular flexibility index (Phi) is 5.90. The molecule has 1 saturated heterocycles. The van der Waals surface area contributed by atoms with Crippen LogP contribution < -0.4 is 14.8 Å². The Hall–Kier alpha value is -2.02. The van der Waals surface area contributed by atoms with Gasteiger partial charge in [0, 0.05) is 23.3 Å². The van der Waals surface area contributed by atoms with E-state index in [4.69, 9.17) is 33.3 Å². The molecule has 1 fully saturated rings. The van der Waals surface area contributed by atoms with Crippen molar-refractivity contribution in [3.05, 3.63) is 53.1 Å². The average molecular weight is 418 g/mol. The van der Waals surface area contributed by atoms with Gasteiger partial charge < -0.3 is 24.6 Å². The highest BCUT2D eigenvalue weighted by Gasteiger charge is 2.26. The van der Waals surface area contributed by atoms with Crippen LogP contribution in [0.5, 0.6) is 11.5 Å². The molecule has 0 amide bonds. The monoisotopic (exact) mass is 417 g/mol. The second-order valence-electron chi connectivity index (χ2n) is 7.29. The van der Waals surface area contributed by atoms with Crippen LogP contribution in [0.2, 0.25) is 5.02 Å². The Bertz CT molecular complexity index is 838. The van der Waals surface area contributed by atoms with Gasteiger partial charge in [0.25, 0.3) is 0 Å². The number of fused-ring (bicyclic) bond motifs is 1. The van der Waals surface area contributed by atoms with Crippen LogP contribution in [-0.2, 0) is 6.54 Å². The number of hydrogen-bond donors (Lipinski definition) is 1. The van der Waals surface area contributed by atoms with Crippen molar-refractivity contribution in [2.75, 3.05) is 32.2 Å². The summed E-state index contributed by atoms with van der Waals surface area (Å²) in [7, 11) is 2.17. The topological polar surface area (TPSA) is 37.0 Å². The summed E-state index contributed by atoms with van der Waals surface area (Å²) in [5.74, 6) is 1.61. The van der Waals surface area contributed by atoms with Crippen LogP contribution in [0, 0.1) is 0 Å². The summed E-state index contributed by atoms with van der Waals surface area (Å²) < 4.78 is 11.0. The fourth-order valence-corrected chi connectivity index (χ4v) is 4.10. The normalized spacial score (nSPS) is 16.8. The number of thiocarbonyl (C=S) groups is 1. The van der Waals surface area contributed by atoms with E-state index in [9.17, 15) is 0 Å². The predicted molar refractivity (Wildman–Crippen MR) is 116 cm³/mol. The number of hydrogen-bond acceptors (Lipinski definition) is 4. The van der Waals surface area contributed by atoms with E-state index in [2.05, 4.69) is 34.3 Å². The number of anilines is 1. The van der Waals surface area contributed by atoms with Gasteiger partial charge in [-0.2, -0.15) is 0 Å². The van der Waals surface area contributed by atoms with Gasteiger partial charge in [0.15, 0.2) is 16.6 Å². The minimum Gasteiger partial charge on any atom is -0.454 e. The summed E-state index contributed by atoms with van der Waals surface area (Å²) in [6.07, 6.45) is 2.17. The molecule has 2 aliphatic heterocycles. The van der Waals surface area contributed by atoms with Gasteiger partial charge >= 0.3 is 0 Å². The predicted octanol–water partition coefficient (Wildman–Crippen LogP) is 4.36. The molecular formula is C21H24ClN3O2S. The second-order valence-corrected chi connectivity index (χ2v) is 8.11. The van der Waals surface area contributed by atoms with Gasteiger partial charge in [-0.15, -0.1) is 0 Å². The van der Waals surface area contributed by atoms with Crippen LogP contribution in [0.3, 0.4) is 0 Å². The molecule has 0 spiro atoms. The zero-order chi connectivity index (χ0) is 19.5. The first-order chi connectivity index (χ1) is 13.6. The lowest BCUT2D eigenvalue weighted by atomic mass is 10.0. The van der Waals surface area contributed by atoms with E-state index in [0.29, 0.717) is 11.1 Å². The molecule has 0 unspecified atom stereocenters. The van der Waals surface area contributed by atoms with Gasteiger partial charge in [-0.1, -0.05) is 17.7 Å². The molecule has 0 aromatic heterocycles. The molecule has 2 heterocycles. The molecule has 0 bridgehead atoms. The van der Waals surface area contributed by atoms with E-state index in [-0.39, 0.29) is 6.79 Å². The van der Waals surface area contributed by atoms with Gasteiger partial charge in [-0.25, -0.2) is 0 Å². The number of nitrogens with zero attached hydrogens (tertiary/aromatic N) is 2. The largest absolute Gasteiger partial charge is 0.454 e. The number of likely N-dealkylation sites (tertiary alicyclic amines) is 1. The van der Waals surface area contributed by atoms with Crippen LogP contribution in [-0.4, -0.2) is 47.9 Å². The lowest BCUT2D eigenvalue weighted by Gasteiger charge is -2.39. The molecule has 0 saturated carbocycles. The maximum atomic E-state index is 6.00. The van der Waals surface area contributed by atoms with E-state index in [1.54, 1.807) is 0 Å². The molecule has 7 heteroatoms. The van der Waals surface area contributed by atoms with E-state index in [1.165, 1.54) is 0 Å². The first-order valence-electron chi connectivity index (χ1n) is 9.49. The third-order valence-corrected chi connectivity index (χ3v) is 5.86. The average Bonchev–Trinajstić information content (AvgIpc) is 3.16. The third-order valence-electron chi connectivity index (χ3n) is 5.28. The van der Waals surface area contributed by atoms with Crippen molar-refractivity contribution in [3.8, 4) is 11.5 Å². The lowest BCUT2D eigenvalue weighted by molar-refractivity contribution is 0.172. The summed E-state index contributed by atoms with van der Waals surface area (Å²) in [4.78, 5) is 4.67. The standard InChI is InChI=1S/C21H24ClN3O2S/c1-24-10-8-18(9-11-24)25(21(28)23-17-5-3-16(22)4-6-17)13-15-2-7-19-20(12-15)27-14-26-19/h2-7,12,18H,8-11,13-14H2,1H3,(H,23,28). The highest BCUT2D eigenvalue weighted by Crippen LogP contribution is 2.33. The maximum absolute atomic E-state index is 6.00. The van der Waals surface area contributed by atoms with E-state index in [1.807, 2.05) is 30.3 Å². The van der Waals surface area contributed by atoms with Crippen molar-refractivity contribution in [2.24, 2.45) is 0 Å². The number of ether oxygens (including phenoxy) is 2. The zero-order valence-corrected chi connectivity index (χ0v) is 17.4. The van der Waals surface area contributed by atoms with Crippen LogP contribution in [0.1, 0.15) is 18.4 Å². The van der Waals surface area contributed by atoms with Crippen molar-refractivity contribution >= 4 is 34.6 Å². The number of benzene rings is 2. The smallest absolute Gasteiger partial charge is 0.231 e. The Morgan fingerprint density at radius 1 is 1.14 bits per heavy atom. The molecule has 5 nitrogen and oxygen atoms in total. The molecule has 28 heavy (non-hydrogen) atoms. The molecule has 4 rings (SSSR count). The molecule has 2 aromatic rings. The number of piperidine rings is 1. The van der Waals surface area contributed by atoms with Crippen molar-refractivity contribution in [1.82, 2.24) is 9.80 Å². The quantitative estimate of drug-likeness (QED) is 0.745. The molecule has 1 N–H and O–H groups in total. The van der Waals surface area contributed by atoms with Crippen LogP contribution in [0.25, 0.3) is 0 Å². The number of nitrogens with one attached hydrogen (secondary N) is 1. The summed E-state index contributed by atoms with van der Waals surface area (Å²) in [5.41, 5.74) is 2.10.